The van der Waals surface area contributed by atoms with Crippen LogP contribution in [0.2, 0.25) is 0 Å². The van der Waals surface area contributed by atoms with Gasteiger partial charge in [-0.3, -0.25) is 4.99 Å². The first kappa shape index (κ1) is 17.3. The molecule has 0 amide bonds. The molecule has 25 heavy (non-hydrogen) atoms. The normalized spacial score (nSPS) is 20.0. The molecular weight excluding hydrogens is 320 g/mol. The molecule has 6 heteroatoms. The lowest BCUT2D eigenvalue weighted by Crippen LogP contribution is -2.28. The van der Waals surface area contributed by atoms with Gasteiger partial charge in [-0.1, -0.05) is 0 Å². The minimum Gasteiger partial charge on any atom is -0.399 e. The van der Waals surface area contributed by atoms with Crippen molar-refractivity contribution >= 4 is 18.1 Å². The average Bonchev–Trinajstić information content (AvgIpc) is 2.67. The highest BCUT2D eigenvalue weighted by molar-refractivity contribution is 5.47. The molecule has 132 valence electrons. The van der Waals surface area contributed by atoms with E-state index in [9.17, 15) is 0 Å². The molecule has 0 bridgehead atoms. The average molecular weight is 342 g/mol. The fourth-order valence-electron chi connectivity index (χ4n) is 2.60. The summed E-state index contributed by atoms with van der Waals surface area (Å²) in [6, 6.07) is 14.4. The first-order valence-electron chi connectivity index (χ1n) is 8.32. The van der Waals surface area contributed by atoms with E-state index in [1.165, 1.54) is 0 Å². The second-order valence-corrected chi connectivity index (χ2v) is 5.98. The predicted octanol–water partition coefficient (Wildman–Crippen LogP) is 4.23. The van der Waals surface area contributed by atoms with Crippen molar-refractivity contribution in [3.8, 4) is 11.5 Å². The number of rotatable bonds is 7. The van der Waals surface area contributed by atoms with Crippen molar-refractivity contribution in [1.82, 2.24) is 0 Å². The maximum Gasteiger partial charge on any atom is 0.165 e. The van der Waals surface area contributed by atoms with E-state index in [0.29, 0.717) is 17.2 Å². The maximum absolute atomic E-state index is 5.64. The van der Waals surface area contributed by atoms with Gasteiger partial charge >= 0.3 is 0 Å². The summed E-state index contributed by atoms with van der Waals surface area (Å²) in [5.74, 6) is 1.30. The lowest BCUT2D eigenvalue weighted by atomic mass is 9.95. The molecule has 2 N–H and O–H groups in total. The Morgan fingerprint density at radius 3 is 1.64 bits per heavy atom. The van der Waals surface area contributed by atoms with E-state index >= 15 is 0 Å². The summed E-state index contributed by atoms with van der Waals surface area (Å²) < 4.78 is 0. The van der Waals surface area contributed by atoms with Crippen molar-refractivity contribution in [3.05, 3.63) is 48.5 Å². The Bertz CT molecular complexity index is 665. The van der Waals surface area contributed by atoms with Crippen LogP contribution in [0.25, 0.3) is 0 Å². The van der Waals surface area contributed by atoms with Crippen LogP contribution < -0.4 is 15.5 Å². The molecule has 0 aliphatic heterocycles. The van der Waals surface area contributed by atoms with Crippen molar-refractivity contribution in [1.29, 1.82) is 0 Å². The lowest BCUT2D eigenvalue weighted by molar-refractivity contribution is -0.280. The minimum absolute atomic E-state index is 0.0496. The van der Waals surface area contributed by atoms with Crippen LogP contribution in [0.1, 0.15) is 25.7 Å². The summed E-state index contributed by atoms with van der Waals surface area (Å²) in [4.78, 5) is 25.6. The monoisotopic (exact) mass is 342 g/mol. The first-order chi connectivity index (χ1) is 12.2. The van der Waals surface area contributed by atoms with Gasteiger partial charge in [0.1, 0.15) is 12.2 Å². The summed E-state index contributed by atoms with van der Waals surface area (Å²) >= 11 is 0. The second kappa shape index (κ2) is 8.50. The molecule has 0 aromatic heterocycles. The van der Waals surface area contributed by atoms with Crippen LogP contribution in [-0.4, -0.2) is 18.9 Å². The topological polar surface area (TPSA) is 75.3 Å². The zero-order valence-corrected chi connectivity index (χ0v) is 14.0. The van der Waals surface area contributed by atoms with E-state index in [-0.39, 0.29) is 12.2 Å². The molecule has 0 radical (unpaired) electrons. The fourth-order valence-corrected chi connectivity index (χ4v) is 2.60. The third-order valence-corrected chi connectivity index (χ3v) is 4.08. The first-order valence-corrected chi connectivity index (χ1v) is 8.32. The van der Waals surface area contributed by atoms with Crippen LogP contribution in [0, 0.1) is 0 Å². The fraction of sp³-hybridized carbons (Fsp3) is 0.316. The zero-order chi connectivity index (χ0) is 17.5. The van der Waals surface area contributed by atoms with E-state index in [2.05, 4.69) is 11.7 Å². The van der Waals surface area contributed by atoms with Crippen LogP contribution >= 0.6 is 0 Å². The van der Waals surface area contributed by atoms with Gasteiger partial charge in [0.05, 0.1) is 5.69 Å². The van der Waals surface area contributed by atoms with E-state index in [1.54, 1.807) is 36.4 Å². The zero-order valence-electron chi connectivity index (χ0n) is 14.0. The lowest BCUT2D eigenvalue weighted by Gasteiger charge is -2.26. The van der Waals surface area contributed by atoms with Crippen molar-refractivity contribution < 1.29 is 19.6 Å². The Labute approximate surface area is 147 Å². The third kappa shape index (κ3) is 5.20. The molecule has 0 unspecified atom stereocenters. The second-order valence-electron chi connectivity index (χ2n) is 5.98. The number of anilines is 1. The van der Waals surface area contributed by atoms with Gasteiger partial charge < -0.3 is 15.5 Å². The summed E-state index contributed by atoms with van der Waals surface area (Å²) in [5.41, 5.74) is 7.13. The maximum atomic E-state index is 5.64. The van der Waals surface area contributed by atoms with Crippen LogP contribution in [-0.2, 0) is 9.78 Å². The van der Waals surface area contributed by atoms with E-state index in [4.69, 9.17) is 25.3 Å². The molecule has 3 rings (SSSR count). The highest BCUT2D eigenvalue weighted by Gasteiger charge is 2.24. The molecule has 1 fully saturated rings. The quantitative estimate of drug-likeness (QED) is 0.353. The van der Waals surface area contributed by atoms with Crippen LogP contribution in [0.3, 0.4) is 0 Å². The van der Waals surface area contributed by atoms with E-state index < -0.39 is 0 Å². The largest absolute Gasteiger partial charge is 0.399 e. The number of hydrogen-bond donors (Lipinski definition) is 1. The van der Waals surface area contributed by atoms with E-state index in [0.717, 1.165) is 31.4 Å². The third-order valence-electron chi connectivity index (χ3n) is 4.08. The van der Waals surface area contributed by atoms with Crippen LogP contribution in [0.4, 0.5) is 11.4 Å². The predicted molar refractivity (Wildman–Crippen MR) is 96.0 cm³/mol. The van der Waals surface area contributed by atoms with Gasteiger partial charge in [-0.05, 0) is 80.9 Å². The minimum atomic E-state index is 0.0496. The highest BCUT2D eigenvalue weighted by Crippen LogP contribution is 2.26. The van der Waals surface area contributed by atoms with Gasteiger partial charge in [0.2, 0.25) is 0 Å². The SMILES string of the molecule is C=Nc1ccc(OOC2CCC(OOc3ccc(N)cc3)CC2)cc1. The van der Waals surface area contributed by atoms with Gasteiger partial charge in [0.15, 0.2) is 11.5 Å². The molecule has 2 aromatic rings. The Morgan fingerprint density at radius 2 is 1.20 bits per heavy atom. The molecule has 6 nitrogen and oxygen atoms in total. The van der Waals surface area contributed by atoms with Crippen molar-refractivity contribution in [3.63, 3.8) is 0 Å². The van der Waals surface area contributed by atoms with Crippen molar-refractivity contribution in [2.75, 3.05) is 5.73 Å². The Balaban J connectivity index is 1.36. The number of hydrogen-bond acceptors (Lipinski definition) is 6. The van der Waals surface area contributed by atoms with Gasteiger partial charge in [-0.25, -0.2) is 0 Å². The highest BCUT2D eigenvalue weighted by atomic mass is 17.2. The molecule has 1 aliphatic rings. The van der Waals surface area contributed by atoms with Crippen LogP contribution in [0.5, 0.6) is 11.5 Å². The smallest absolute Gasteiger partial charge is 0.165 e. The molecule has 1 saturated carbocycles. The van der Waals surface area contributed by atoms with Crippen molar-refractivity contribution in [2.24, 2.45) is 4.99 Å². The van der Waals surface area contributed by atoms with Gasteiger partial charge in [-0.15, -0.1) is 0 Å². The van der Waals surface area contributed by atoms with Gasteiger partial charge in [-0.2, -0.15) is 9.78 Å². The number of benzene rings is 2. The standard InChI is InChI=1S/C19H22N2O4/c1-21-15-4-8-17(9-5-15)23-25-19-12-10-18(11-13-19)24-22-16-6-2-14(20)3-7-16/h2-9,18-19H,1,10-13,20H2. The van der Waals surface area contributed by atoms with Gasteiger partial charge in [0, 0.05) is 5.69 Å². The number of nitrogens with zero attached hydrogens (tertiary/aromatic N) is 1. The Morgan fingerprint density at radius 1 is 0.760 bits per heavy atom. The molecule has 0 atom stereocenters. The molecule has 0 saturated heterocycles. The Hall–Kier alpha value is -2.57. The summed E-state index contributed by atoms with van der Waals surface area (Å²) in [7, 11) is 0. The van der Waals surface area contributed by atoms with Crippen LogP contribution in [0.15, 0.2) is 53.5 Å². The molecule has 2 aromatic carbocycles. The summed E-state index contributed by atoms with van der Waals surface area (Å²) in [6.45, 7) is 3.48. The number of nitrogens with two attached hydrogens (primary N) is 1. The summed E-state index contributed by atoms with van der Waals surface area (Å²) in [6.07, 6.45) is 3.50. The Kier molecular flexibility index (Phi) is 5.87. The molecule has 0 heterocycles. The number of nitrogen functional groups attached to an aromatic ring is 1. The van der Waals surface area contributed by atoms with Gasteiger partial charge in [0.25, 0.3) is 0 Å². The summed E-state index contributed by atoms with van der Waals surface area (Å²) in [5, 5.41) is 0. The molecule has 0 spiro atoms. The van der Waals surface area contributed by atoms with Crippen molar-refractivity contribution in [2.45, 2.75) is 37.9 Å². The number of aliphatic imine (C=N–C) groups is 1. The molecule has 1 aliphatic carbocycles. The molecular formula is C19H22N2O4. The van der Waals surface area contributed by atoms with E-state index in [1.807, 2.05) is 12.1 Å².